The fourth-order valence-electron chi connectivity index (χ4n) is 3.29. The van der Waals surface area contributed by atoms with E-state index >= 15 is 0 Å². The first-order chi connectivity index (χ1) is 14.4. The van der Waals surface area contributed by atoms with Gasteiger partial charge in [0.1, 0.15) is 5.56 Å². The van der Waals surface area contributed by atoms with Crippen LogP contribution in [0.5, 0.6) is 11.5 Å². The molecule has 1 aromatic heterocycles. The number of carbonyl (C=O) groups excluding carboxylic acids is 2. The molecule has 0 amide bonds. The first kappa shape index (κ1) is 20.0. The first-order valence-corrected chi connectivity index (χ1v) is 9.69. The summed E-state index contributed by atoms with van der Waals surface area (Å²) in [6.07, 6.45) is 0. The van der Waals surface area contributed by atoms with E-state index in [0.29, 0.717) is 45.6 Å². The third-order valence-electron chi connectivity index (χ3n) is 4.89. The van der Waals surface area contributed by atoms with E-state index in [1.54, 1.807) is 42.8 Å². The lowest BCUT2D eigenvalue weighted by molar-refractivity contribution is 0.0473. The summed E-state index contributed by atoms with van der Waals surface area (Å²) < 4.78 is 17.5. The maximum absolute atomic E-state index is 12.6. The average Bonchev–Trinajstić information content (AvgIpc) is 3.31. The Labute approximate surface area is 178 Å². The topological polar surface area (TPSA) is 79.7 Å². The van der Waals surface area contributed by atoms with Crippen molar-refractivity contribution in [3.63, 3.8) is 0 Å². The van der Waals surface area contributed by atoms with Crippen LogP contribution in [0, 0.1) is 13.8 Å². The summed E-state index contributed by atoms with van der Waals surface area (Å²) in [5.41, 5.74) is 2.80. The van der Waals surface area contributed by atoms with E-state index in [1.165, 1.54) is 0 Å². The molecule has 30 heavy (non-hydrogen) atoms. The van der Waals surface area contributed by atoms with Crippen molar-refractivity contribution in [1.29, 1.82) is 0 Å². The molecule has 0 saturated heterocycles. The predicted octanol–water partition coefficient (Wildman–Crippen LogP) is 3.97. The number of rotatable bonds is 6. The molecule has 0 spiro atoms. The van der Waals surface area contributed by atoms with E-state index in [4.69, 9.17) is 25.8 Å². The number of nitrogens with zero attached hydrogens (tertiary/aromatic N) is 2. The lowest BCUT2D eigenvalue weighted by atomic mass is 10.1. The second kappa shape index (κ2) is 8.20. The van der Waals surface area contributed by atoms with Gasteiger partial charge in [-0.15, -0.1) is 0 Å². The van der Waals surface area contributed by atoms with Crippen molar-refractivity contribution < 1.29 is 23.8 Å². The molecule has 7 nitrogen and oxygen atoms in total. The van der Waals surface area contributed by atoms with Crippen LogP contribution in [0.3, 0.4) is 0 Å². The van der Waals surface area contributed by atoms with Crippen LogP contribution in [0.4, 0.5) is 0 Å². The molecule has 2 aromatic carbocycles. The maximum Gasteiger partial charge on any atom is 0.342 e. The number of halogens is 1. The summed E-state index contributed by atoms with van der Waals surface area (Å²) in [7, 11) is 0. The predicted molar refractivity (Wildman–Crippen MR) is 109 cm³/mol. The summed E-state index contributed by atoms with van der Waals surface area (Å²) >= 11 is 6.23. The molecule has 154 valence electrons. The molecular formula is C22H19ClN2O5. The summed E-state index contributed by atoms with van der Waals surface area (Å²) in [5, 5.41) is 5.06. The van der Waals surface area contributed by atoms with Gasteiger partial charge in [-0.2, -0.15) is 5.10 Å². The van der Waals surface area contributed by atoms with E-state index in [9.17, 15) is 9.59 Å². The molecule has 0 atom stereocenters. The Kier molecular flexibility index (Phi) is 5.46. The quantitative estimate of drug-likeness (QED) is 0.438. The summed E-state index contributed by atoms with van der Waals surface area (Å²) in [6, 6.07) is 12.3. The van der Waals surface area contributed by atoms with Gasteiger partial charge in [-0.3, -0.25) is 9.48 Å². The number of carbonyl (C=O) groups is 2. The minimum Gasteiger partial charge on any atom is -0.454 e. The maximum atomic E-state index is 12.6. The van der Waals surface area contributed by atoms with Crippen LogP contribution < -0.4 is 9.47 Å². The number of hydrogen-bond donors (Lipinski definition) is 0. The minimum atomic E-state index is -0.593. The van der Waals surface area contributed by atoms with Crippen LogP contribution in [0.15, 0.2) is 42.5 Å². The molecule has 0 radical (unpaired) electrons. The number of hydrogen-bond acceptors (Lipinski definition) is 6. The van der Waals surface area contributed by atoms with E-state index in [-0.39, 0.29) is 19.2 Å². The van der Waals surface area contributed by atoms with Gasteiger partial charge in [0.2, 0.25) is 6.79 Å². The Balaban J connectivity index is 1.45. The summed E-state index contributed by atoms with van der Waals surface area (Å²) in [5.74, 6) is 0.158. The Bertz CT molecular complexity index is 1140. The normalized spacial score (nSPS) is 12.1. The van der Waals surface area contributed by atoms with Crippen LogP contribution in [0.1, 0.15) is 37.7 Å². The SMILES string of the molecule is Cc1nn(Cc2ccccc2Cl)c(C)c1C(=O)OCC(=O)c1ccc2c(c1)OCO2. The highest BCUT2D eigenvalue weighted by molar-refractivity contribution is 6.31. The monoisotopic (exact) mass is 426 g/mol. The van der Waals surface area contributed by atoms with Crippen LogP contribution in [-0.4, -0.2) is 34.9 Å². The number of Topliss-reactive ketones (excluding diaryl/α,β-unsaturated/α-hetero) is 1. The molecule has 2 heterocycles. The molecule has 0 fully saturated rings. The first-order valence-electron chi connectivity index (χ1n) is 9.31. The smallest absolute Gasteiger partial charge is 0.342 e. The number of benzene rings is 2. The van der Waals surface area contributed by atoms with Gasteiger partial charge >= 0.3 is 5.97 Å². The standard InChI is InChI=1S/C22H19ClN2O5/c1-13-21(14(2)25(24-13)10-16-5-3-4-6-17(16)23)22(27)28-11-18(26)15-7-8-19-20(9-15)30-12-29-19/h3-9H,10-12H2,1-2H3. The van der Waals surface area contributed by atoms with Gasteiger partial charge in [0.05, 0.1) is 17.9 Å². The lowest BCUT2D eigenvalue weighted by Crippen LogP contribution is -2.15. The van der Waals surface area contributed by atoms with Gasteiger partial charge in [-0.1, -0.05) is 29.8 Å². The number of ether oxygens (including phenoxy) is 3. The number of fused-ring (bicyclic) bond motifs is 1. The Morgan fingerprint density at radius 1 is 1.13 bits per heavy atom. The molecule has 0 bridgehead atoms. The Hall–Kier alpha value is -3.32. The number of ketones is 1. The van der Waals surface area contributed by atoms with Crippen molar-refractivity contribution >= 4 is 23.4 Å². The number of esters is 1. The Morgan fingerprint density at radius 2 is 1.90 bits per heavy atom. The van der Waals surface area contributed by atoms with Crippen molar-refractivity contribution in [1.82, 2.24) is 9.78 Å². The summed E-state index contributed by atoms with van der Waals surface area (Å²) in [4.78, 5) is 25.1. The van der Waals surface area contributed by atoms with E-state index in [0.717, 1.165) is 5.56 Å². The highest BCUT2D eigenvalue weighted by atomic mass is 35.5. The second-order valence-electron chi connectivity index (χ2n) is 6.86. The van der Waals surface area contributed by atoms with Crippen LogP contribution >= 0.6 is 11.6 Å². The lowest BCUT2D eigenvalue weighted by Gasteiger charge is -2.08. The molecule has 0 saturated carbocycles. The van der Waals surface area contributed by atoms with Crippen molar-refractivity contribution in [3.05, 3.63) is 75.6 Å². The minimum absolute atomic E-state index is 0.124. The average molecular weight is 427 g/mol. The van der Waals surface area contributed by atoms with Crippen LogP contribution in [0.25, 0.3) is 0 Å². The van der Waals surface area contributed by atoms with Gasteiger partial charge in [0, 0.05) is 10.6 Å². The van der Waals surface area contributed by atoms with Gasteiger partial charge in [-0.05, 0) is 43.7 Å². The van der Waals surface area contributed by atoms with Crippen LogP contribution in [0.2, 0.25) is 5.02 Å². The fourth-order valence-corrected chi connectivity index (χ4v) is 3.49. The molecule has 1 aliphatic heterocycles. The van der Waals surface area contributed by atoms with Gasteiger partial charge in [0.25, 0.3) is 0 Å². The zero-order valence-corrected chi connectivity index (χ0v) is 17.2. The molecule has 1 aliphatic rings. The highest BCUT2D eigenvalue weighted by Crippen LogP contribution is 2.32. The van der Waals surface area contributed by atoms with Gasteiger partial charge < -0.3 is 14.2 Å². The zero-order chi connectivity index (χ0) is 21.3. The third kappa shape index (κ3) is 3.89. The number of aromatic nitrogens is 2. The molecular weight excluding hydrogens is 408 g/mol. The largest absolute Gasteiger partial charge is 0.454 e. The van der Waals surface area contributed by atoms with Crippen molar-refractivity contribution in [2.75, 3.05) is 13.4 Å². The van der Waals surface area contributed by atoms with Crippen molar-refractivity contribution in [3.8, 4) is 11.5 Å². The van der Waals surface area contributed by atoms with Crippen molar-refractivity contribution in [2.24, 2.45) is 0 Å². The highest BCUT2D eigenvalue weighted by Gasteiger charge is 2.22. The molecule has 8 heteroatoms. The summed E-state index contributed by atoms with van der Waals surface area (Å²) in [6.45, 7) is 3.68. The second-order valence-corrected chi connectivity index (χ2v) is 7.27. The van der Waals surface area contributed by atoms with Gasteiger partial charge in [-0.25, -0.2) is 4.79 Å². The van der Waals surface area contributed by atoms with Crippen molar-refractivity contribution in [2.45, 2.75) is 20.4 Å². The van der Waals surface area contributed by atoms with Gasteiger partial charge in [0.15, 0.2) is 23.9 Å². The van der Waals surface area contributed by atoms with E-state index in [1.807, 2.05) is 18.2 Å². The fraction of sp³-hybridized carbons (Fsp3) is 0.227. The molecule has 3 aromatic rings. The van der Waals surface area contributed by atoms with E-state index < -0.39 is 5.97 Å². The van der Waals surface area contributed by atoms with Crippen LogP contribution in [-0.2, 0) is 11.3 Å². The Morgan fingerprint density at radius 3 is 2.70 bits per heavy atom. The third-order valence-corrected chi connectivity index (χ3v) is 5.26. The number of aryl methyl sites for hydroxylation is 1. The molecule has 0 unspecified atom stereocenters. The molecule has 4 rings (SSSR count). The molecule has 0 N–H and O–H groups in total. The van der Waals surface area contributed by atoms with E-state index in [2.05, 4.69) is 5.10 Å². The molecule has 0 aliphatic carbocycles. The zero-order valence-electron chi connectivity index (χ0n) is 16.5.